The summed E-state index contributed by atoms with van der Waals surface area (Å²) in [6.07, 6.45) is 1.63. The molecule has 0 aromatic heterocycles. The van der Waals surface area contributed by atoms with E-state index in [1.54, 1.807) is 0 Å². The lowest BCUT2D eigenvalue weighted by molar-refractivity contribution is 0.0472. The van der Waals surface area contributed by atoms with Crippen LogP contribution in [0.1, 0.15) is 34.3 Å². The van der Waals surface area contributed by atoms with E-state index >= 15 is 0 Å². The van der Waals surface area contributed by atoms with Gasteiger partial charge in [0.15, 0.2) is 0 Å². The van der Waals surface area contributed by atoms with Crippen LogP contribution in [0.25, 0.3) is 0 Å². The molecule has 0 unspecified atom stereocenters. The molecule has 3 rings (SSSR count). The molecule has 2 aromatic rings. The molecule has 1 aliphatic carbocycles. The van der Waals surface area contributed by atoms with E-state index in [-0.39, 0.29) is 28.1 Å². The molecule has 2 aromatic carbocycles. The molecule has 0 bridgehead atoms. The molecule has 1 fully saturated rings. The minimum atomic E-state index is -3.75. The number of carbonyl (C=O) groups is 1. The van der Waals surface area contributed by atoms with Gasteiger partial charge >= 0.3 is 5.97 Å². The Labute approximate surface area is 152 Å². The van der Waals surface area contributed by atoms with Crippen LogP contribution in [0.3, 0.4) is 0 Å². The van der Waals surface area contributed by atoms with Crippen LogP contribution in [-0.2, 0) is 21.4 Å². The predicted molar refractivity (Wildman–Crippen MR) is 95.1 cm³/mol. The molecule has 0 atom stereocenters. The number of esters is 1. The molecular weight excluding hydrogens is 362 g/mol. The Morgan fingerprint density at radius 3 is 2.68 bits per heavy atom. The Balaban J connectivity index is 1.75. The average Bonchev–Trinajstić information content (AvgIpc) is 3.36. The van der Waals surface area contributed by atoms with Crippen molar-refractivity contribution in [2.75, 3.05) is 0 Å². The van der Waals surface area contributed by atoms with E-state index in [1.807, 2.05) is 31.2 Å². The van der Waals surface area contributed by atoms with Crippen LogP contribution in [0.2, 0.25) is 5.02 Å². The van der Waals surface area contributed by atoms with Crippen molar-refractivity contribution in [2.45, 2.75) is 37.3 Å². The number of benzene rings is 2. The number of carbonyl (C=O) groups excluding carboxylic acids is 1. The second-order valence-electron chi connectivity index (χ2n) is 6.11. The normalized spacial score (nSPS) is 14.3. The van der Waals surface area contributed by atoms with Gasteiger partial charge in [0.1, 0.15) is 11.5 Å². The number of sulfonamides is 1. The summed E-state index contributed by atoms with van der Waals surface area (Å²) in [6.45, 7) is 2.07. The Hall–Kier alpha value is -1.89. The first-order valence-electron chi connectivity index (χ1n) is 7.90. The fraction of sp³-hybridized carbons (Fsp3) is 0.278. The summed E-state index contributed by atoms with van der Waals surface area (Å²) in [5, 5.41) is 0.0726. The fourth-order valence-corrected chi connectivity index (χ4v) is 4.19. The van der Waals surface area contributed by atoms with Gasteiger partial charge in [-0.15, -0.1) is 0 Å². The molecule has 5 nitrogen and oxygen atoms in total. The summed E-state index contributed by atoms with van der Waals surface area (Å²) in [4.78, 5) is 12.1. The fourth-order valence-electron chi connectivity index (χ4n) is 2.35. The highest BCUT2D eigenvalue weighted by Gasteiger charge is 2.29. The Bertz CT molecular complexity index is 907. The molecule has 0 heterocycles. The summed E-state index contributed by atoms with van der Waals surface area (Å²) in [5.41, 5.74) is 2.08. The number of hydrogen-bond donors (Lipinski definition) is 1. The predicted octanol–water partition coefficient (Wildman–Crippen LogP) is 3.45. The molecular formula is C18H18ClNO4S. The van der Waals surface area contributed by atoms with Crippen molar-refractivity contribution in [3.63, 3.8) is 0 Å². The SMILES string of the molecule is Cc1cccc(COC(=O)c2ccc(Cl)c(S(=O)(=O)NC3CC3)c2)c1. The highest BCUT2D eigenvalue weighted by atomic mass is 35.5. The number of rotatable bonds is 6. The largest absolute Gasteiger partial charge is 0.457 e. The maximum Gasteiger partial charge on any atom is 0.338 e. The molecule has 1 N–H and O–H groups in total. The van der Waals surface area contributed by atoms with Gasteiger partial charge in [-0.1, -0.05) is 41.4 Å². The number of ether oxygens (including phenoxy) is 1. The van der Waals surface area contributed by atoms with Crippen LogP contribution >= 0.6 is 11.6 Å². The molecule has 0 radical (unpaired) electrons. The van der Waals surface area contributed by atoms with Gasteiger partial charge in [0.2, 0.25) is 10.0 Å². The minimum absolute atomic E-state index is 0.0435. The van der Waals surface area contributed by atoms with E-state index in [9.17, 15) is 13.2 Å². The zero-order valence-corrected chi connectivity index (χ0v) is 15.2. The lowest BCUT2D eigenvalue weighted by Gasteiger charge is -2.10. The van der Waals surface area contributed by atoms with E-state index in [0.29, 0.717) is 0 Å². The number of aryl methyl sites for hydroxylation is 1. The number of hydrogen-bond acceptors (Lipinski definition) is 4. The Kier molecular flexibility index (Phi) is 5.13. The van der Waals surface area contributed by atoms with Gasteiger partial charge in [-0.3, -0.25) is 0 Å². The van der Waals surface area contributed by atoms with E-state index in [0.717, 1.165) is 24.0 Å². The molecule has 0 spiro atoms. The third kappa shape index (κ3) is 4.60. The molecule has 1 saturated carbocycles. The average molecular weight is 380 g/mol. The highest BCUT2D eigenvalue weighted by molar-refractivity contribution is 7.89. The van der Waals surface area contributed by atoms with Crippen molar-refractivity contribution in [3.05, 3.63) is 64.2 Å². The summed E-state index contributed by atoms with van der Waals surface area (Å²) in [5.74, 6) is -0.596. The number of halogens is 1. The van der Waals surface area contributed by atoms with Crippen LogP contribution in [0, 0.1) is 6.92 Å². The van der Waals surface area contributed by atoms with Crippen LogP contribution in [0.4, 0.5) is 0 Å². The molecule has 0 amide bonds. The van der Waals surface area contributed by atoms with Gasteiger partial charge in [-0.2, -0.15) is 0 Å². The molecule has 0 aliphatic heterocycles. The van der Waals surface area contributed by atoms with Gasteiger partial charge < -0.3 is 4.74 Å². The first kappa shape index (κ1) is 17.9. The zero-order chi connectivity index (χ0) is 18.0. The quantitative estimate of drug-likeness (QED) is 0.780. The van der Waals surface area contributed by atoms with E-state index in [2.05, 4.69) is 4.72 Å². The van der Waals surface area contributed by atoms with Crippen LogP contribution in [0.15, 0.2) is 47.4 Å². The van der Waals surface area contributed by atoms with Gasteiger partial charge in [0.05, 0.1) is 10.6 Å². The van der Waals surface area contributed by atoms with Crippen molar-refractivity contribution in [2.24, 2.45) is 0 Å². The Morgan fingerprint density at radius 2 is 2.00 bits per heavy atom. The molecule has 1 aliphatic rings. The molecule has 0 saturated heterocycles. The summed E-state index contributed by atoms with van der Waals surface area (Å²) < 4.78 is 32.5. The van der Waals surface area contributed by atoms with Gasteiger partial charge in [-0.05, 0) is 43.5 Å². The van der Waals surface area contributed by atoms with Crippen LogP contribution in [0.5, 0.6) is 0 Å². The van der Waals surface area contributed by atoms with Crippen molar-refractivity contribution in [1.82, 2.24) is 4.72 Å². The first-order chi connectivity index (χ1) is 11.8. The van der Waals surface area contributed by atoms with Crippen molar-refractivity contribution < 1.29 is 17.9 Å². The molecule has 25 heavy (non-hydrogen) atoms. The lowest BCUT2D eigenvalue weighted by Crippen LogP contribution is -2.26. The topological polar surface area (TPSA) is 72.5 Å². The lowest BCUT2D eigenvalue weighted by atomic mass is 10.1. The monoisotopic (exact) mass is 379 g/mol. The van der Waals surface area contributed by atoms with Crippen LogP contribution in [-0.4, -0.2) is 20.4 Å². The van der Waals surface area contributed by atoms with Crippen molar-refractivity contribution >= 4 is 27.6 Å². The number of nitrogens with one attached hydrogen (secondary N) is 1. The van der Waals surface area contributed by atoms with Gasteiger partial charge in [-0.25, -0.2) is 17.9 Å². The van der Waals surface area contributed by atoms with Gasteiger partial charge in [0.25, 0.3) is 0 Å². The second kappa shape index (κ2) is 7.15. The summed E-state index contributed by atoms with van der Waals surface area (Å²) in [7, 11) is -3.75. The zero-order valence-electron chi connectivity index (χ0n) is 13.7. The highest BCUT2D eigenvalue weighted by Crippen LogP contribution is 2.27. The van der Waals surface area contributed by atoms with Gasteiger partial charge in [0, 0.05) is 6.04 Å². The standard InChI is InChI=1S/C18H18ClNO4S/c1-12-3-2-4-13(9-12)11-24-18(21)14-5-8-16(19)17(10-14)25(22,23)20-15-6-7-15/h2-5,8-10,15,20H,6-7,11H2,1H3. The smallest absolute Gasteiger partial charge is 0.338 e. The van der Waals surface area contributed by atoms with E-state index < -0.39 is 16.0 Å². The second-order valence-corrected chi connectivity index (χ2v) is 8.20. The maximum absolute atomic E-state index is 12.3. The summed E-state index contributed by atoms with van der Waals surface area (Å²) in [6, 6.07) is 11.7. The van der Waals surface area contributed by atoms with E-state index in [1.165, 1.54) is 18.2 Å². The molecule has 7 heteroatoms. The van der Waals surface area contributed by atoms with Crippen molar-refractivity contribution in [1.29, 1.82) is 0 Å². The molecule has 132 valence electrons. The minimum Gasteiger partial charge on any atom is -0.457 e. The van der Waals surface area contributed by atoms with Crippen molar-refractivity contribution in [3.8, 4) is 0 Å². The summed E-state index contributed by atoms with van der Waals surface area (Å²) >= 11 is 6.01. The first-order valence-corrected chi connectivity index (χ1v) is 9.76. The van der Waals surface area contributed by atoms with Crippen LogP contribution < -0.4 is 4.72 Å². The third-order valence-electron chi connectivity index (χ3n) is 3.81. The Morgan fingerprint density at radius 1 is 1.24 bits per heavy atom. The maximum atomic E-state index is 12.3. The third-order valence-corrected chi connectivity index (χ3v) is 5.81. The van der Waals surface area contributed by atoms with E-state index in [4.69, 9.17) is 16.3 Å².